The van der Waals surface area contributed by atoms with Gasteiger partial charge in [0.25, 0.3) is 0 Å². The van der Waals surface area contributed by atoms with Crippen LogP contribution in [0.15, 0.2) is 18.3 Å². The minimum Gasteiger partial charge on any atom is -0.464 e. The predicted molar refractivity (Wildman–Crippen MR) is 66.2 cm³/mol. The van der Waals surface area contributed by atoms with E-state index in [1.54, 1.807) is 18.3 Å². The molecular weight excluding hydrogens is 240 g/mol. The van der Waals surface area contributed by atoms with Crippen LogP contribution in [0.3, 0.4) is 0 Å². The number of carbonyl (C=O) groups excluding carboxylic acids is 1. The number of anilines is 1. The van der Waals surface area contributed by atoms with E-state index < -0.39 is 0 Å². The lowest BCUT2D eigenvalue weighted by Gasteiger charge is -2.24. The van der Waals surface area contributed by atoms with Gasteiger partial charge < -0.3 is 9.64 Å². The summed E-state index contributed by atoms with van der Waals surface area (Å²) in [7, 11) is 0. The summed E-state index contributed by atoms with van der Waals surface area (Å²) >= 11 is 6.10. The quantitative estimate of drug-likeness (QED) is 0.776. The number of esters is 1. The molecule has 0 saturated carbocycles. The molecule has 2 rings (SSSR count). The van der Waals surface area contributed by atoms with Crippen molar-refractivity contribution in [2.75, 3.05) is 18.1 Å². The number of hydrogen-bond acceptors (Lipinski definition) is 4. The summed E-state index contributed by atoms with van der Waals surface area (Å²) < 4.78 is 5.07. The molecule has 1 aliphatic heterocycles. The minimum absolute atomic E-state index is 0.188. The number of nitrogens with zero attached hydrogens (tertiary/aromatic N) is 2. The lowest BCUT2D eigenvalue weighted by Crippen LogP contribution is -2.38. The molecule has 4 nitrogen and oxygen atoms in total. The van der Waals surface area contributed by atoms with E-state index in [9.17, 15) is 4.79 Å². The molecule has 1 aliphatic rings. The Bertz CT molecular complexity index is 411. The van der Waals surface area contributed by atoms with E-state index in [1.165, 1.54) is 0 Å². The van der Waals surface area contributed by atoms with Crippen LogP contribution < -0.4 is 4.90 Å². The molecular formula is C12H15ClN2O2. The standard InChI is InChI=1S/C12H15ClN2O2/c1-2-17-12(16)10-6-4-8-15(10)11-9(13)5-3-7-14-11/h3,5,7,10H,2,4,6,8H2,1H3. The Balaban J connectivity index is 2.20. The number of pyridine rings is 1. The second kappa shape index (κ2) is 5.36. The van der Waals surface area contributed by atoms with Crippen molar-refractivity contribution in [1.82, 2.24) is 4.98 Å². The van der Waals surface area contributed by atoms with Gasteiger partial charge in [-0.05, 0) is 31.9 Å². The lowest BCUT2D eigenvalue weighted by molar-refractivity contribution is -0.144. The molecule has 17 heavy (non-hydrogen) atoms. The first kappa shape index (κ1) is 12.2. The molecule has 0 aliphatic carbocycles. The largest absolute Gasteiger partial charge is 0.464 e. The number of rotatable bonds is 3. The van der Waals surface area contributed by atoms with E-state index in [4.69, 9.17) is 16.3 Å². The van der Waals surface area contributed by atoms with Crippen LogP contribution in [0.25, 0.3) is 0 Å². The fraction of sp³-hybridized carbons (Fsp3) is 0.500. The Hall–Kier alpha value is -1.29. The molecule has 1 saturated heterocycles. The zero-order valence-electron chi connectivity index (χ0n) is 9.73. The van der Waals surface area contributed by atoms with Crippen molar-refractivity contribution in [2.45, 2.75) is 25.8 Å². The Morgan fingerprint density at radius 3 is 3.24 bits per heavy atom. The van der Waals surface area contributed by atoms with Gasteiger partial charge in [-0.3, -0.25) is 0 Å². The van der Waals surface area contributed by atoms with Crippen molar-refractivity contribution in [3.05, 3.63) is 23.4 Å². The zero-order chi connectivity index (χ0) is 12.3. The van der Waals surface area contributed by atoms with E-state index in [0.717, 1.165) is 19.4 Å². The van der Waals surface area contributed by atoms with Crippen molar-refractivity contribution < 1.29 is 9.53 Å². The maximum absolute atomic E-state index is 11.8. The zero-order valence-corrected chi connectivity index (χ0v) is 10.5. The second-order valence-corrected chi connectivity index (χ2v) is 4.32. The number of hydrogen-bond donors (Lipinski definition) is 0. The van der Waals surface area contributed by atoms with Gasteiger partial charge in [0, 0.05) is 12.7 Å². The smallest absolute Gasteiger partial charge is 0.328 e. The third kappa shape index (κ3) is 2.52. The molecule has 0 bridgehead atoms. The second-order valence-electron chi connectivity index (χ2n) is 3.91. The van der Waals surface area contributed by atoms with Crippen LogP contribution in [0.1, 0.15) is 19.8 Å². The van der Waals surface area contributed by atoms with Gasteiger partial charge in [0.05, 0.1) is 11.6 Å². The fourth-order valence-electron chi connectivity index (χ4n) is 2.09. The van der Waals surface area contributed by atoms with Crippen LogP contribution in [0.5, 0.6) is 0 Å². The third-order valence-electron chi connectivity index (χ3n) is 2.82. The van der Waals surface area contributed by atoms with Gasteiger partial charge in [0.15, 0.2) is 0 Å². The van der Waals surface area contributed by atoms with Gasteiger partial charge in [-0.1, -0.05) is 11.6 Å². The van der Waals surface area contributed by atoms with Crippen LogP contribution in [-0.4, -0.2) is 30.1 Å². The summed E-state index contributed by atoms with van der Waals surface area (Å²) in [5.41, 5.74) is 0. The van der Waals surface area contributed by atoms with Crippen LogP contribution >= 0.6 is 11.6 Å². The number of aromatic nitrogens is 1. The van der Waals surface area contributed by atoms with Crippen molar-refractivity contribution in [3.8, 4) is 0 Å². The van der Waals surface area contributed by atoms with Gasteiger partial charge in [-0.2, -0.15) is 0 Å². The van der Waals surface area contributed by atoms with Gasteiger partial charge in [-0.25, -0.2) is 9.78 Å². The van der Waals surface area contributed by atoms with Crippen LogP contribution in [0.2, 0.25) is 5.02 Å². The fourth-order valence-corrected chi connectivity index (χ4v) is 2.32. The summed E-state index contributed by atoms with van der Waals surface area (Å²) in [4.78, 5) is 18.0. The van der Waals surface area contributed by atoms with E-state index >= 15 is 0 Å². The maximum Gasteiger partial charge on any atom is 0.328 e. The highest BCUT2D eigenvalue weighted by molar-refractivity contribution is 6.33. The molecule has 1 fully saturated rings. The molecule has 0 amide bonds. The lowest BCUT2D eigenvalue weighted by atomic mass is 10.2. The third-order valence-corrected chi connectivity index (χ3v) is 3.12. The molecule has 1 aromatic heterocycles. The summed E-state index contributed by atoms with van der Waals surface area (Å²) in [6.07, 6.45) is 3.43. The summed E-state index contributed by atoms with van der Waals surface area (Å²) in [6, 6.07) is 3.31. The highest BCUT2D eigenvalue weighted by Gasteiger charge is 2.33. The summed E-state index contributed by atoms with van der Waals surface area (Å²) in [5, 5.41) is 0.573. The average Bonchev–Trinajstić information content (AvgIpc) is 2.79. The first-order valence-corrected chi connectivity index (χ1v) is 6.15. The van der Waals surface area contributed by atoms with E-state index in [2.05, 4.69) is 4.98 Å². The van der Waals surface area contributed by atoms with Crippen molar-refractivity contribution in [3.63, 3.8) is 0 Å². The highest BCUT2D eigenvalue weighted by Crippen LogP contribution is 2.29. The first-order valence-electron chi connectivity index (χ1n) is 5.78. The van der Waals surface area contributed by atoms with Gasteiger partial charge >= 0.3 is 5.97 Å². The SMILES string of the molecule is CCOC(=O)C1CCCN1c1ncccc1Cl. The van der Waals surface area contributed by atoms with Crippen molar-refractivity contribution >= 4 is 23.4 Å². The Morgan fingerprint density at radius 2 is 2.53 bits per heavy atom. The Morgan fingerprint density at radius 1 is 1.71 bits per heavy atom. The molecule has 0 aromatic carbocycles. The van der Waals surface area contributed by atoms with Gasteiger partial charge in [0.2, 0.25) is 0 Å². The molecule has 0 N–H and O–H groups in total. The normalized spacial score (nSPS) is 19.4. The molecule has 5 heteroatoms. The average molecular weight is 255 g/mol. The van der Waals surface area contributed by atoms with Crippen molar-refractivity contribution in [1.29, 1.82) is 0 Å². The summed E-state index contributed by atoms with van der Waals surface area (Å²) in [5.74, 6) is 0.483. The van der Waals surface area contributed by atoms with Gasteiger partial charge in [0.1, 0.15) is 11.9 Å². The minimum atomic E-state index is -0.248. The molecule has 1 unspecified atom stereocenters. The predicted octanol–water partition coefficient (Wildman–Crippen LogP) is 2.27. The van der Waals surface area contributed by atoms with E-state index in [0.29, 0.717) is 17.4 Å². The Kier molecular flexibility index (Phi) is 3.84. The van der Waals surface area contributed by atoms with Crippen LogP contribution in [-0.2, 0) is 9.53 Å². The van der Waals surface area contributed by atoms with Crippen LogP contribution in [0.4, 0.5) is 5.82 Å². The molecule has 1 aromatic rings. The maximum atomic E-state index is 11.8. The molecule has 92 valence electrons. The first-order chi connectivity index (χ1) is 8.24. The summed E-state index contributed by atoms with van der Waals surface area (Å²) in [6.45, 7) is 3.00. The highest BCUT2D eigenvalue weighted by atomic mass is 35.5. The molecule has 0 spiro atoms. The van der Waals surface area contributed by atoms with Gasteiger partial charge in [-0.15, -0.1) is 0 Å². The van der Waals surface area contributed by atoms with E-state index in [-0.39, 0.29) is 12.0 Å². The number of carbonyl (C=O) groups is 1. The topological polar surface area (TPSA) is 42.4 Å². The molecule has 0 radical (unpaired) electrons. The number of ether oxygens (including phenoxy) is 1. The molecule has 2 heterocycles. The van der Waals surface area contributed by atoms with Crippen molar-refractivity contribution in [2.24, 2.45) is 0 Å². The van der Waals surface area contributed by atoms with Crippen LogP contribution in [0, 0.1) is 0 Å². The van der Waals surface area contributed by atoms with E-state index in [1.807, 2.05) is 11.8 Å². The monoisotopic (exact) mass is 254 g/mol. The number of halogens is 1. The Labute approximate surface area is 106 Å². The molecule has 1 atom stereocenters.